The zero-order chi connectivity index (χ0) is 72.9. The summed E-state index contributed by atoms with van der Waals surface area (Å²) in [5.74, 6) is -0.583. The molecule has 8 N–H and O–H groups in total. The number of halogens is 2. The van der Waals surface area contributed by atoms with Crippen LogP contribution < -0.4 is 52.3 Å². The van der Waals surface area contributed by atoms with E-state index in [2.05, 4.69) is 87.1 Å². The molecule has 3 aromatic carbocycles. The lowest BCUT2D eigenvalue weighted by atomic mass is 9.82. The highest BCUT2D eigenvalue weighted by Gasteiger charge is 2.47. The SMILES string of the molecule is CN[C@@H](C)C(=O)N[C@H](C(=O)N1C[C@@H](NC(=O)CCC(=O)NCCOCCN2C[C@H]3C[C@@H](OCC(=O)NCc4cccc(CNc5cc(N6CCC7(CC6)CN(c6cc(F)c(CN8CCC(C)(C)CC8)cc6F)CC(=O)N7)ncn5)c4)C[C@H]3C2)C[C@H]1C(=O)NC1CCCc2ccccc21)C1CCCCC1. The third-order valence-electron chi connectivity index (χ3n) is 23.3. The lowest BCUT2D eigenvalue weighted by Crippen LogP contribution is -2.66. The van der Waals surface area contributed by atoms with Crippen LogP contribution in [0.1, 0.15) is 157 Å². The Kier molecular flexibility index (Phi) is 25.5. The molecule has 0 bridgehead atoms. The highest BCUT2D eigenvalue weighted by atomic mass is 19.1. The van der Waals surface area contributed by atoms with Crippen molar-refractivity contribution in [1.82, 2.24) is 61.9 Å². The number of piperidine rings is 2. The Balaban J connectivity index is 0.509. The number of hydrogen-bond donors (Lipinski definition) is 8. The molecule has 1 spiro atoms. The maximum Gasteiger partial charge on any atom is 0.246 e. The summed E-state index contributed by atoms with van der Waals surface area (Å²) in [6, 6.07) is 17.7. The molecule has 0 radical (unpaired) electrons. The molecular weight excluding hydrogens is 1330 g/mol. The number of fused-ring (bicyclic) bond motifs is 2. The lowest BCUT2D eigenvalue weighted by Gasteiger charge is -2.48. The van der Waals surface area contributed by atoms with Crippen LogP contribution in [0.2, 0.25) is 0 Å². The fraction of sp³-hybridized carbons (Fsp3) is 0.628. The molecule has 8 aliphatic rings. The molecular formula is C78H109F2N15O9. The van der Waals surface area contributed by atoms with Gasteiger partial charge in [-0.15, -0.1) is 0 Å². The summed E-state index contributed by atoms with van der Waals surface area (Å²) in [6.45, 7) is 14.5. The van der Waals surface area contributed by atoms with Gasteiger partial charge in [-0.3, -0.25) is 38.5 Å². The number of likely N-dealkylation sites (N-methyl/N-ethyl adjacent to an activating group) is 1. The van der Waals surface area contributed by atoms with E-state index >= 15 is 8.78 Å². The standard InChI is InChI=1S/C78H109F2N15O9/c1-51(81-4)74(100)89-73(55-15-6-5-7-16-55)76(102)95-46-59(38-66(95)75(101)88-64-19-11-17-54-14-8-9-18-61(54)64)87-70(97)21-20-69(96)82-26-32-103-33-31-92-43-56-35-60(36-57(56)44-92)104-48-72(99)84-42-53-13-10-12-52(34-53)41-83-67-40-68(86-50-85-67)93-29-24-78(25-30-93)49-94(47-71(98)90-78)65-39-62(79)58(37-63(65)80)45-91-27-22-77(2,3)23-28-91/h8-10,12-14,18,34,37,39-40,50-51,55-57,59-60,64,66,73,81H,5-7,11,15-17,19-33,35-36,38,41-49H2,1-4H3,(H,82,96)(H,84,99)(H,87,97)(H,88,101)(H,89,100)(H,90,98)(H,83,85,86)/t51-,56-,57+,59-,60-,64?,66-,73-/m0/s1. The van der Waals surface area contributed by atoms with Crippen LogP contribution in [0.3, 0.4) is 0 Å². The van der Waals surface area contributed by atoms with E-state index in [1.165, 1.54) is 24.0 Å². The summed E-state index contributed by atoms with van der Waals surface area (Å²) >= 11 is 0. The zero-order valence-electron chi connectivity index (χ0n) is 61.2. The third-order valence-corrected chi connectivity index (χ3v) is 23.3. The van der Waals surface area contributed by atoms with Crippen LogP contribution in [-0.4, -0.2) is 201 Å². The summed E-state index contributed by atoms with van der Waals surface area (Å²) in [6.07, 6.45) is 13.8. The van der Waals surface area contributed by atoms with E-state index in [0.29, 0.717) is 95.1 Å². The minimum atomic E-state index is -0.863. The van der Waals surface area contributed by atoms with E-state index in [1.54, 1.807) is 23.8 Å². The molecule has 5 aliphatic heterocycles. The molecule has 1 unspecified atom stereocenters. The largest absolute Gasteiger partial charge is 0.378 e. The van der Waals surface area contributed by atoms with E-state index in [9.17, 15) is 33.6 Å². The topological polar surface area (TPSA) is 276 Å². The van der Waals surface area contributed by atoms with Gasteiger partial charge < -0.3 is 71.6 Å². The van der Waals surface area contributed by atoms with Gasteiger partial charge in [0, 0.05) is 109 Å². The van der Waals surface area contributed by atoms with Gasteiger partial charge in [-0.25, -0.2) is 18.7 Å². The van der Waals surface area contributed by atoms with Crippen molar-refractivity contribution in [1.29, 1.82) is 0 Å². The number of aromatic nitrogens is 2. The number of piperazine rings is 1. The molecule has 12 rings (SSSR count). The first-order valence-electron chi connectivity index (χ1n) is 38.3. The van der Waals surface area contributed by atoms with E-state index in [4.69, 9.17) is 9.47 Å². The predicted molar refractivity (Wildman–Crippen MR) is 392 cm³/mol. The fourth-order valence-corrected chi connectivity index (χ4v) is 17.1. The number of carbonyl (C=O) groups is 7. The molecule has 7 fully saturated rings. The van der Waals surface area contributed by atoms with Gasteiger partial charge in [0.05, 0.1) is 49.2 Å². The van der Waals surface area contributed by atoms with Gasteiger partial charge in [0.15, 0.2) is 0 Å². The van der Waals surface area contributed by atoms with Gasteiger partial charge in [-0.05, 0) is 156 Å². The highest BCUT2D eigenvalue weighted by Crippen LogP contribution is 2.40. The summed E-state index contributed by atoms with van der Waals surface area (Å²) in [4.78, 5) is 114. The number of ether oxygens (including phenoxy) is 2. The van der Waals surface area contributed by atoms with Crippen LogP contribution in [0.25, 0.3) is 0 Å². The Bertz CT molecular complexity index is 3640. The van der Waals surface area contributed by atoms with Crippen LogP contribution >= 0.6 is 0 Å². The molecule has 104 heavy (non-hydrogen) atoms. The van der Waals surface area contributed by atoms with E-state index in [0.717, 1.165) is 132 Å². The summed E-state index contributed by atoms with van der Waals surface area (Å²) in [5.41, 5.74) is 4.34. The third kappa shape index (κ3) is 20.0. The van der Waals surface area contributed by atoms with E-state index in [-0.39, 0.29) is 109 Å². The number of rotatable bonds is 29. The summed E-state index contributed by atoms with van der Waals surface area (Å²) in [7, 11) is 1.70. The van der Waals surface area contributed by atoms with Gasteiger partial charge >= 0.3 is 0 Å². The number of hydrogen-bond acceptors (Lipinski definition) is 17. The Morgan fingerprint density at radius 2 is 1.49 bits per heavy atom. The molecule has 2 saturated carbocycles. The van der Waals surface area contributed by atoms with E-state index in [1.807, 2.05) is 48.5 Å². The van der Waals surface area contributed by atoms with Crippen LogP contribution in [0, 0.1) is 34.8 Å². The quantitative estimate of drug-likeness (QED) is 0.0282. The Morgan fingerprint density at radius 1 is 0.740 bits per heavy atom. The molecule has 24 nitrogen and oxygen atoms in total. The smallest absolute Gasteiger partial charge is 0.246 e. The van der Waals surface area contributed by atoms with E-state index < -0.39 is 41.3 Å². The molecule has 7 amide bonds. The Labute approximate surface area is 610 Å². The maximum absolute atomic E-state index is 15.8. The van der Waals surface area contributed by atoms with Gasteiger partial charge in [-0.2, -0.15) is 0 Å². The van der Waals surface area contributed by atoms with Crippen molar-refractivity contribution in [2.45, 2.75) is 191 Å². The number of carbonyl (C=O) groups excluding carboxylic acids is 7. The van der Waals surface area contributed by atoms with Gasteiger partial charge in [0.25, 0.3) is 0 Å². The first-order chi connectivity index (χ1) is 50.2. The molecule has 1 aromatic heterocycles. The van der Waals surface area contributed by atoms with Crippen LogP contribution in [0.4, 0.5) is 26.1 Å². The second-order valence-corrected chi connectivity index (χ2v) is 31.4. The minimum Gasteiger partial charge on any atom is -0.378 e. The van der Waals surface area contributed by atoms with Crippen molar-refractivity contribution in [3.63, 3.8) is 0 Å². The molecule has 6 heterocycles. The average Bonchev–Trinajstić information content (AvgIpc) is 0.938. The number of anilines is 3. The van der Waals surface area contributed by atoms with Crippen molar-refractivity contribution in [2.24, 2.45) is 23.2 Å². The summed E-state index contributed by atoms with van der Waals surface area (Å²) < 4.78 is 43.5. The molecule has 26 heteroatoms. The summed E-state index contributed by atoms with van der Waals surface area (Å²) in [5, 5.41) is 24.8. The monoisotopic (exact) mass is 1440 g/mol. The number of nitrogens with one attached hydrogen (secondary N) is 8. The van der Waals surface area contributed by atoms with Gasteiger partial charge in [-0.1, -0.05) is 81.6 Å². The van der Waals surface area contributed by atoms with Gasteiger partial charge in [0.2, 0.25) is 41.4 Å². The first kappa shape index (κ1) is 75.8. The number of likely N-dealkylation sites (tertiary alicyclic amines) is 3. The van der Waals surface area contributed by atoms with Crippen LogP contribution in [0.15, 0.2) is 73.1 Å². The van der Waals surface area contributed by atoms with Crippen LogP contribution in [0.5, 0.6) is 0 Å². The zero-order valence-corrected chi connectivity index (χ0v) is 61.2. The number of nitrogens with zero attached hydrogens (tertiary/aromatic N) is 7. The van der Waals surface area contributed by atoms with Crippen molar-refractivity contribution < 1.29 is 51.8 Å². The fourth-order valence-electron chi connectivity index (χ4n) is 17.1. The Hall–Kier alpha value is -7.91. The predicted octanol–water partition coefficient (Wildman–Crippen LogP) is 6.17. The van der Waals surface area contributed by atoms with Crippen molar-refractivity contribution >= 4 is 58.7 Å². The van der Waals surface area contributed by atoms with Crippen LogP contribution in [-0.2, 0) is 69.1 Å². The highest BCUT2D eigenvalue weighted by molar-refractivity contribution is 5.94. The number of aryl methyl sites for hydroxylation is 1. The maximum atomic E-state index is 15.8. The van der Waals surface area contributed by atoms with Crippen molar-refractivity contribution in [3.05, 3.63) is 113 Å². The van der Waals surface area contributed by atoms with Gasteiger partial charge in [0.1, 0.15) is 48.3 Å². The minimum absolute atomic E-state index is 0.00931. The molecule has 4 aromatic rings. The van der Waals surface area contributed by atoms with Crippen molar-refractivity contribution in [3.8, 4) is 0 Å². The number of amides is 7. The molecule has 8 atom stereocenters. The second kappa shape index (κ2) is 35.0. The molecule has 564 valence electrons. The molecule has 5 saturated heterocycles. The number of benzene rings is 3. The lowest BCUT2D eigenvalue weighted by molar-refractivity contribution is -0.143. The normalized spacial score (nSPS) is 23.9. The van der Waals surface area contributed by atoms with Crippen molar-refractivity contribution in [2.75, 3.05) is 114 Å². The first-order valence-corrected chi connectivity index (χ1v) is 38.3. The Morgan fingerprint density at radius 3 is 2.26 bits per heavy atom. The molecule has 3 aliphatic carbocycles. The second-order valence-electron chi connectivity index (χ2n) is 31.4. The average molecular weight is 1440 g/mol.